The van der Waals surface area contributed by atoms with E-state index in [0.29, 0.717) is 24.9 Å². The largest absolute Gasteiger partial charge is 0.445 e. The molecule has 1 aromatic carbocycles. The summed E-state index contributed by atoms with van der Waals surface area (Å²) in [4.78, 5) is 48.0. The number of rotatable bonds is 6. The van der Waals surface area contributed by atoms with Crippen molar-refractivity contribution < 1.29 is 24.0 Å². The van der Waals surface area contributed by atoms with Crippen LogP contribution in [-0.2, 0) is 20.9 Å². The third-order valence-corrected chi connectivity index (χ3v) is 6.31. The normalized spacial score (nSPS) is 25.4. The number of nitrogens with one attached hydrogen (secondary N) is 1. The van der Waals surface area contributed by atoms with Crippen molar-refractivity contribution >= 4 is 34.6 Å². The second-order valence-electron chi connectivity index (χ2n) is 7.29. The van der Waals surface area contributed by atoms with Crippen molar-refractivity contribution in [3.63, 3.8) is 0 Å². The highest BCUT2D eigenvalue weighted by molar-refractivity contribution is 8.14. The molecule has 0 radical (unpaired) electrons. The van der Waals surface area contributed by atoms with Crippen LogP contribution in [0.25, 0.3) is 0 Å². The van der Waals surface area contributed by atoms with Crippen LogP contribution in [0, 0.1) is 22.0 Å². The second-order valence-corrected chi connectivity index (χ2v) is 8.76. The standard InChI is InChI=1S/C19H23N3O6S/c1-11(23)29-14-7-17(15-8-16(15)18(24)20-2)21(9-14)19(25)28-10-12-3-5-13(6-4-12)22(26)27/h3-6,14-17H,7-10H2,1-2H3,(H,20,24)/t14-,15+,16+,17-/m0/s1. The maximum atomic E-state index is 12.7. The number of amides is 2. The molecular formula is C19H23N3O6S. The molecule has 1 aliphatic carbocycles. The fourth-order valence-electron chi connectivity index (χ4n) is 3.83. The Morgan fingerprint density at radius 2 is 1.97 bits per heavy atom. The molecule has 1 heterocycles. The van der Waals surface area contributed by atoms with E-state index in [1.54, 1.807) is 24.1 Å². The maximum Gasteiger partial charge on any atom is 0.410 e. The Balaban J connectivity index is 1.63. The molecule has 0 bridgehead atoms. The van der Waals surface area contributed by atoms with Gasteiger partial charge in [0.05, 0.1) is 4.92 Å². The van der Waals surface area contributed by atoms with Gasteiger partial charge in [-0.3, -0.25) is 19.7 Å². The van der Waals surface area contributed by atoms with Gasteiger partial charge in [-0.25, -0.2) is 4.79 Å². The van der Waals surface area contributed by atoms with Gasteiger partial charge in [-0.1, -0.05) is 11.8 Å². The molecule has 1 N–H and O–H groups in total. The van der Waals surface area contributed by atoms with E-state index in [0.717, 1.165) is 0 Å². The summed E-state index contributed by atoms with van der Waals surface area (Å²) in [5, 5.41) is 13.3. The first kappa shape index (κ1) is 21.1. The summed E-state index contributed by atoms with van der Waals surface area (Å²) in [5.74, 6) is -0.0765. The fourth-order valence-corrected chi connectivity index (χ4v) is 4.83. The van der Waals surface area contributed by atoms with Crippen molar-refractivity contribution in [3.05, 3.63) is 39.9 Å². The van der Waals surface area contributed by atoms with Gasteiger partial charge in [0.15, 0.2) is 5.12 Å². The van der Waals surface area contributed by atoms with Gasteiger partial charge in [-0.05, 0) is 36.5 Å². The van der Waals surface area contributed by atoms with Gasteiger partial charge in [0.2, 0.25) is 5.91 Å². The van der Waals surface area contributed by atoms with E-state index in [4.69, 9.17) is 4.74 Å². The third-order valence-electron chi connectivity index (χ3n) is 5.30. The molecular weight excluding hydrogens is 398 g/mol. The van der Waals surface area contributed by atoms with E-state index in [1.165, 1.54) is 30.8 Å². The number of nitro benzene ring substituents is 1. The van der Waals surface area contributed by atoms with E-state index in [2.05, 4.69) is 5.32 Å². The Morgan fingerprint density at radius 3 is 2.55 bits per heavy atom. The number of hydrogen-bond donors (Lipinski definition) is 1. The van der Waals surface area contributed by atoms with E-state index in [9.17, 15) is 24.5 Å². The topological polar surface area (TPSA) is 119 Å². The molecule has 10 heteroatoms. The zero-order valence-corrected chi connectivity index (χ0v) is 17.0. The summed E-state index contributed by atoms with van der Waals surface area (Å²) in [7, 11) is 1.59. The predicted octanol–water partition coefficient (Wildman–Crippen LogP) is 2.34. The molecule has 3 rings (SSSR count). The van der Waals surface area contributed by atoms with E-state index < -0.39 is 11.0 Å². The van der Waals surface area contributed by atoms with Crippen LogP contribution in [0.5, 0.6) is 0 Å². The number of thioether (sulfide) groups is 1. The number of non-ortho nitro benzene ring substituents is 1. The summed E-state index contributed by atoms with van der Waals surface area (Å²) >= 11 is 1.21. The molecule has 1 saturated heterocycles. The number of nitro groups is 1. The molecule has 156 valence electrons. The second kappa shape index (κ2) is 8.81. The number of benzene rings is 1. The molecule has 0 spiro atoms. The zero-order chi connectivity index (χ0) is 21.1. The van der Waals surface area contributed by atoms with Gasteiger partial charge in [0, 0.05) is 49.9 Å². The zero-order valence-electron chi connectivity index (χ0n) is 16.2. The highest BCUT2D eigenvalue weighted by atomic mass is 32.2. The Bertz CT molecular complexity index is 815. The number of hydrogen-bond acceptors (Lipinski definition) is 7. The monoisotopic (exact) mass is 421 g/mol. The molecule has 2 amide bonds. The van der Waals surface area contributed by atoms with E-state index in [1.807, 2.05) is 0 Å². The number of ether oxygens (including phenoxy) is 1. The van der Waals surface area contributed by atoms with Crippen molar-refractivity contribution in [1.82, 2.24) is 10.2 Å². The average molecular weight is 421 g/mol. The first-order valence-corrected chi connectivity index (χ1v) is 10.2. The summed E-state index contributed by atoms with van der Waals surface area (Å²) in [5.41, 5.74) is 0.613. The van der Waals surface area contributed by atoms with Gasteiger partial charge in [0.1, 0.15) is 6.61 Å². The molecule has 1 aliphatic heterocycles. The molecule has 2 fully saturated rings. The molecule has 0 unspecified atom stereocenters. The highest BCUT2D eigenvalue weighted by Gasteiger charge is 2.53. The lowest BCUT2D eigenvalue weighted by Gasteiger charge is -2.24. The minimum Gasteiger partial charge on any atom is -0.445 e. The fraction of sp³-hybridized carbons (Fsp3) is 0.526. The Labute approximate surface area is 172 Å². The van der Waals surface area contributed by atoms with E-state index >= 15 is 0 Å². The molecule has 4 atom stereocenters. The minimum atomic E-state index is -0.498. The van der Waals surface area contributed by atoms with E-state index in [-0.39, 0.29) is 46.4 Å². The smallest absolute Gasteiger partial charge is 0.410 e. The first-order valence-electron chi connectivity index (χ1n) is 9.35. The van der Waals surface area contributed by atoms with Gasteiger partial charge in [-0.2, -0.15) is 0 Å². The Morgan fingerprint density at radius 1 is 1.28 bits per heavy atom. The molecule has 2 aliphatic rings. The van der Waals surface area contributed by atoms with Crippen LogP contribution in [0.15, 0.2) is 24.3 Å². The van der Waals surface area contributed by atoms with Gasteiger partial charge >= 0.3 is 6.09 Å². The summed E-state index contributed by atoms with van der Waals surface area (Å²) in [6, 6.07) is 5.67. The number of likely N-dealkylation sites (tertiary alicyclic amines) is 1. The SMILES string of the molecule is CNC(=O)[C@@H]1C[C@H]1[C@@H]1C[C@H](SC(C)=O)CN1C(=O)OCc1ccc([N+](=O)[O-])cc1. The summed E-state index contributed by atoms with van der Waals surface area (Å²) in [6.07, 6.45) is 0.866. The number of carbonyl (C=O) groups is 3. The van der Waals surface area contributed by atoms with Crippen LogP contribution >= 0.6 is 11.8 Å². The lowest BCUT2D eigenvalue weighted by atomic mass is 10.1. The Hall–Kier alpha value is -2.62. The maximum absolute atomic E-state index is 12.7. The Kier molecular flexibility index (Phi) is 6.41. The van der Waals surface area contributed by atoms with Crippen molar-refractivity contribution in [2.45, 2.75) is 37.7 Å². The molecule has 0 aromatic heterocycles. The quantitative estimate of drug-likeness (QED) is 0.553. The lowest BCUT2D eigenvalue weighted by molar-refractivity contribution is -0.384. The van der Waals surface area contributed by atoms with Gasteiger partial charge < -0.3 is 15.0 Å². The first-order chi connectivity index (χ1) is 13.8. The van der Waals surface area contributed by atoms with Crippen LogP contribution < -0.4 is 5.32 Å². The van der Waals surface area contributed by atoms with Crippen LogP contribution in [0.3, 0.4) is 0 Å². The van der Waals surface area contributed by atoms with Crippen molar-refractivity contribution in [1.29, 1.82) is 0 Å². The number of nitrogens with zero attached hydrogens (tertiary/aromatic N) is 2. The third kappa shape index (κ3) is 5.06. The van der Waals surface area contributed by atoms with Gasteiger partial charge in [-0.15, -0.1) is 0 Å². The number of carbonyl (C=O) groups excluding carboxylic acids is 3. The molecule has 9 nitrogen and oxygen atoms in total. The van der Waals surface area contributed by atoms with Crippen LogP contribution in [0.1, 0.15) is 25.3 Å². The summed E-state index contributed by atoms with van der Waals surface area (Å²) in [6.45, 7) is 1.89. The molecule has 1 saturated carbocycles. The van der Waals surface area contributed by atoms with Crippen molar-refractivity contribution in [3.8, 4) is 0 Å². The molecule has 1 aromatic rings. The molecule has 29 heavy (non-hydrogen) atoms. The van der Waals surface area contributed by atoms with Crippen LogP contribution in [-0.4, -0.2) is 51.8 Å². The van der Waals surface area contributed by atoms with Crippen LogP contribution in [0.2, 0.25) is 0 Å². The minimum absolute atomic E-state index is 0.00585. The summed E-state index contributed by atoms with van der Waals surface area (Å²) < 4.78 is 5.42. The van der Waals surface area contributed by atoms with Crippen molar-refractivity contribution in [2.24, 2.45) is 11.8 Å². The average Bonchev–Trinajstić information content (AvgIpc) is 3.38. The van der Waals surface area contributed by atoms with Crippen molar-refractivity contribution in [2.75, 3.05) is 13.6 Å². The predicted molar refractivity (Wildman–Crippen MR) is 106 cm³/mol. The lowest BCUT2D eigenvalue weighted by Crippen LogP contribution is -2.38. The van der Waals surface area contributed by atoms with Crippen LogP contribution in [0.4, 0.5) is 10.5 Å². The highest BCUT2D eigenvalue weighted by Crippen LogP contribution is 2.48. The van der Waals surface area contributed by atoms with Gasteiger partial charge in [0.25, 0.3) is 5.69 Å².